The van der Waals surface area contributed by atoms with Crippen LogP contribution in [-0.4, -0.2) is 60.6 Å². The summed E-state index contributed by atoms with van der Waals surface area (Å²) in [4.78, 5) is 19.3. The highest BCUT2D eigenvalue weighted by atomic mass is 32.2. The number of fused-ring (bicyclic) bond motifs is 1. The molecule has 1 aliphatic rings. The fraction of sp³-hybridized carbons (Fsp3) is 0.467. The molecule has 1 fully saturated rings. The summed E-state index contributed by atoms with van der Waals surface area (Å²) in [6.45, 7) is 2.78. The van der Waals surface area contributed by atoms with Crippen LogP contribution in [0.5, 0.6) is 11.5 Å². The van der Waals surface area contributed by atoms with Gasteiger partial charge in [-0.1, -0.05) is 0 Å². The number of benzene rings is 2. The number of methoxy groups -OCH3 is 2. The second kappa shape index (κ2) is 13.8. The maximum atomic E-state index is 15.6. The number of aliphatic carboxylic acids is 1. The Labute approximate surface area is 228 Å². The van der Waals surface area contributed by atoms with Gasteiger partial charge in [0.05, 0.1) is 19.7 Å². The molecule has 6 nitrogen and oxygen atoms in total. The maximum absolute atomic E-state index is 15.6. The highest BCUT2D eigenvalue weighted by molar-refractivity contribution is 7.99. The van der Waals surface area contributed by atoms with Crippen molar-refractivity contribution in [1.82, 2.24) is 9.88 Å². The Morgan fingerprint density at radius 2 is 1.87 bits per heavy atom. The summed E-state index contributed by atoms with van der Waals surface area (Å²) in [6.07, 6.45) is 3.47. The van der Waals surface area contributed by atoms with Gasteiger partial charge in [-0.25, -0.2) is 4.39 Å². The van der Waals surface area contributed by atoms with Crippen LogP contribution in [-0.2, 0) is 4.79 Å². The molecule has 0 amide bonds. The van der Waals surface area contributed by atoms with Crippen LogP contribution < -0.4 is 9.47 Å². The first-order chi connectivity index (χ1) is 18.5. The number of ether oxygens (including phenoxy) is 2. The van der Waals surface area contributed by atoms with Crippen LogP contribution in [0.1, 0.15) is 43.8 Å². The number of nitrogens with zero attached hydrogens (tertiary/aromatic N) is 2. The van der Waals surface area contributed by atoms with E-state index in [4.69, 9.17) is 9.47 Å². The van der Waals surface area contributed by atoms with Crippen LogP contribution in [0.4, 0.5) is 4.39 Å². The van der Waals surface area contributed by atoms with Gasteiger partial charge in [0.25, 0.3) is 0 Å². The number of carboxylic acid groups (broad SMARTS) is 1. The Balaban J connectivity index is 1.33. The van der Waals surface area contributed by atoms with Gasteiger partial charge in [0.1, 0.15) is 17.7 Å². The second-order valence-electron chi connectivity index (χ2n) is 9.89. The minimum absolute atomic E-state index is 0.156. The van der Waals surface area contributed by atoms with E-state index in [-0.39, 0.29) is 12.3 Å². The first-order valence-corrected chi connectivity index (χ1v) is 14.2. The number of hydrogen-bond donors (Lipinski definition) is 1. The van der Waals surface area contributed by atoms with E-state index >= 15 is 4.39 Å². The molecule has 2 aromatic carbocycles. The Morgan fingerprint density at radius 3 is 2.61 bits per heavy atom. The summed E-state index contributed by atoms with van der Waals surface area (Å²) in [5.41, 5.74) is 1.40. The molecule has 1 N–H and O–H groups in total. The van der Waals surface area contributed by atoms with Gasteiger partial charge in [0.15, 0.2) is 0 Å². The molecule has 0 radical (unpaired) electrons. The Kier molecular flexibility index (Phi) is 10.2. The number of alkyl halides is 1. The number of carbonyl (C=O) groups is 1. The zero-order chi connectivity index (χ0) is 26.9. The third-order valence-corrected chi connectivity index (χ3v) is 8.54. The average molecular weight is 541 g/mol. The van der Waals surface area contributed by atoms with Crippen molar-refractivity contribution in [1.29, 1.82) is 0 Å². The number of pyridine rings is 1. The molecule has 8 heteroatoms. The van der Waals surface area contributed by atoms with E-state index in [1.807, 2.05) is 42.1 Å². The van der Waals surface area contributed by atoms with Gasteiger partial charge >= 0.3 is 5.97 Å². The summed E-state index contributed by atoms with van der Waals surface area (Å²) in [5.74, 6) is 2.31. The molecule has 4 rings (SSSR count). The summed E-state index contributed by atoms with van der Waals surface area (Å²) < 4.78 is 26.1. The molecule has 2 heterocycles. The molecular weight excluding hydrogens is 503 g/mol. The van der Waals surface area contributed by atoms with Crippen molar-refractivity contribution in [3.05, 3.63) is 60.3 Å². The fourth-order valence-corrected chi connectivity index (χ4v) is 6.32. The lowest BCUT2D eigenvalue weighted by atomic mass is 9.79. The number of piperidine rings is 1. The van der Waals surface area contributed by atoms with Gasteiger partial charge in [-0.05, 0) is 98.2 Å². The number of likely N-dealkylation sites (tertiary alicyclic amines) is 1. The van der Waals surface area contributed by atoms with Gasteiger partial charge in [-0.15, -0.1) is 11.8 Å². The molecule has 1 aliphatic heterocycles. The molecular formula is C30H37FN2O4S. The minimum Gasteiger partial charge on any atom is -0.497 e. The van der Waals surface area contributed by atoms with Crippen molar-refractivity contribution in [2.24, 2.45) is 11.8 Å². The standard InChI is InChI=1S/C30H37FN2O4S/c1-36-23-5-8-25(9-6-23)38-18-17-33-16-14-21(22(20-33)4-12-30(34)35)3-10-28(31)26-13-15-32-29-11-7-24(37-2)19-27(26)29/h5-9,11,13,15,19,21-22,28H,3-4,10,12,14,16-18,20H2,1-2H3,(H,34,35)/t21-,22+,28?/m1/s1. The highest BCUT2D eigenvalue weighted by Gasteiger charge is 2.30. The third-order valence-electron chi connectivity index (χ3n) is 7.55. The monoisotopic (exact) mass is 540 g/mol. The topological polar surface area (TPSA) is 71.9 Å². The Hall–Kier alpha value is -2.84. The fourth-order valence-electron chi connectivity index (χ4n) is 5.40. The van der Waals surface area contributed by atoms with Crippen molar-refractivity contribution in [3.8, 4) is 11.5 Å². The van der Waals surface area contributed by atoms with E-state index in [0.717, 1.165) is 54.9 Å². The minimum atomic E-state index is -1.10. The molecule has 38 heavy (non-hydrogen) atoms. The molecule has 0 spiro atoms. The molecule has 3 aromatic rings. The van der Waals surface area contributed by atoms with Crippen LogP contribution in [0.3, 0.4) is 0 Å². The highest BCUT2D eigenvalue weighted by Crippen LogP contribution is 2.36. The molecule has 0 bridgehead atoms. The van der Waals surface area contributed by atoms with Crippen molar-refractivity contribution in [2.45, 2.75) is 43.2 Å². The number of rotatable bonds is 13. The van der Waals surface area contributed by atoms with Gasteiger partial charge in [-0.3, -0.25) is 9.78 Å². The predicted molar refractivity (Wildman–Crippen MR) is 150 cm³/mol. The van der Waals surface area contributed by atoms with E-state index in [9.17, 15) is 9.90 Å². The number of carboxylic acids is 1. The smallest absolute Gasteiger partial charge is 0.303 e. The predicted octanol–water partition coefficient (Wildman–Crippen LogP) is 6.64. The molecule has 1 saturated heterocycles. The van der Waals surface area contributed by atoms with Gasteiger partial charge in [0.2, 0.25) is 0 Å². The normalized spacial score (nSPS) is 18.8. The molecule has 0 saturated carbocycles. The maximum Gasteiger partial charge on any atom is 0.303 e. The van der Waals surface area contributed by atoms with Crippen LogP contribution >= 0.6 is 11.8 Å². The van der Waals surface area contributed by atoms with Crippen LogP contribution in [0, 0.1) is 11.8 Å². The van der Waals surface area contributed by atoms with E-state index in [0.29, 0.717) is 30.1 Å². The van der Waals surface area contributed by atoms with Gasteiger partial charge in [-0.2, -0.15) is 0 Å². The zero-order valence-corrected chi connectivity index (χ0v) is 23.0. The average Bonchev–Trinajstić information content (AvgIpc) is 2.95. The summed E-state index contributed by atoms with van der Waals surface area (Å²) in [5, 5.41) is 10.1. The summed E-state index contributed by atoms with van der Waals surface area (Å²) in [7, 11) is 3.27. The van der Waals surface area contributed by atoms with Crippen molar-refractivity contribution < 1.29 is 23.8 Å². The zero-order valence-electron chi connectivity index (χ0n) is 22.1. The molecule has 0 aliphatic carbocycles. The van der Waals surface area contributed by atoms with Crippen LogP contribution in [0.15, 0.2) is 59.6 Å². The first-order valence-electron chi connectivity index (χ1n) is 13.2. The largest absolute Gasteiger partial charge is 0.497 e. The molecule has 1 aromatic heterocycles. The van der Waals surface area contributed by atoms with Crippen molar-refractivity contribution >= 4 is 28.6 Å². The molecule has 1 unspecified atom stereocenters. The lowest BCUT2D eigenvalue weighted by Gasteiger charge is -2.39. The number of aromatic nitrogens is 1. The van der Waals surface area contributed by atoms with E-state index in [2.05, 4.69) is 22.0 Å². The van der Waals surface area contributed by atoms with Crippen molar-refractivity contribution in [3.63, 3.8) is 0 Å². The Bertz CT molecular complexity index is 1190. The number of hydrogen-bond acceptors (Lipinski definition) is 6. The lowest BCUT2D eigenvalue weighted by molar-refractivity contribution is -0.137. The second-order valence-corrected chi connectivity index (χ2v) is 11.1. The van der Waals surface area contributed by atoms with Crippen LogP contribution in [0.2, 0.25) is 0 Å². The van der Waals surface area contributed by atoms with Gasteiger partial charge < -0.3 is 19.5 Å². The summed E-state index contributed by atoms with van der Waals surface area (Å²) >= 11 is 1.81. The number of halogens is 1. The van der Waals surface area contributed by atoms with E-state index < -0.39 is 12.1 Å². The quantitative estimate of drug-likeness (QED) is 0.244. The first kappa shape index (κ1) is 28.2. The summed E-state index contributed by atoms with van der Waals surface area (Å²) in [6, 6.07) is 15.4. The van der Waals surface area contributed by atoms with Gasteiger partial charge in [0, 0.05) is 41.7 Å². The third kappa shape index (κ3) is 7.60. The number of thioether (sulfide) groups is 1. The lowest BCUT2D eigenvalue weighted by Crippen LogP contribution is -2.41. The SMILES string of the molecule is COc1ccc(SCCN2CC[C@@H](CCC(F)c3ccnc4ccc(OC)cc34)[C@@H](CCC(=O)O)C2)cc1. The van der Waals surface area contributed by atoms with E-state index in [1.54, 1.807) is 26.5 Å². The molecule has 204 valence electrons. The Morgan fingerprint density at radius 1 is 1.11 bits per heavy atom. The van der Waals surface area contributed by atoms with Crippen molar-refractivity contribution in [2.75, 3.05) is 39.6 Å². The van der Waals surface area contributed by atoms with E-state index in [1.165, 1.54) is 4.90 Å². The van der Waals surface area contributed by atoms with Crippen LogP contribution in [0.25, 0.3) is 10.9 Å². The molecule has 3 atom stereocenters.